The fraction of sp³-hybridized carbons (Fsp3) is 0.320. The first-order valence-electron chi connectivity index (χ1n) is 11.7. The minimum atomic E-state index is -4.11. The molecule has 1 heterocycles. The van der Waals surface area contributed by atoms with Crippen LogP contribution in [0.4, 0.5) is 9.59 Å². The number of aryl methyl sites for hydroxylation is 1. The summed E-state index contributed by atoms with van der Waals surface area (Å²) in [7, 11) is -4.11. The lowest BCUT2D eigenvalue weighted by Crippen LogP contribution is -2.39. The van der Waals surface area contributed by atoms with Gasteiger partial charge in [-0.1, -0.05) is 56.3 Å². The van der Waals surface area contributed by atoms with Gasteiger partial charge in [-0.2, -0.15) is 0 Å². The molecule has 198 valence electrons. The van der Waals surface area contributed by atoms with Crippen molar-refractivity contribution in [2.75, 3.05) is 12.8 Å². The summed E-state index contributed by atoms with van der Waals surface area (Å²) in [5.41, 5.74) is 1.93. The molecule has 2 amide bonds. The van der Waals surface area contributed by atoms with Crippen molar-refractivity contribution in [3.8, 4) is 17.0 Å². The molecule has 0 aliphatic heterocycles. The van der Waals surface area contributed by atoms with Gasteiger partial charge in [-0.25, -0.2) is 27.7 Å². The second kappa shape index (κ2) is 12.6. The number of aromatic nitrogens is 2. The number of nitrogens with one attached hydrogen (secondary N) is 2. The van der Waals surface area contributed by atoms with Crippen LogP contribution >= 0.6 is 11.8 Å². The molecular weight excluding hydrogens is 516 g/mol. The van der Waals surface area contributed by atoms with Crippen LogP contribution in [0.15, 0.2) is 58.5 Å². The molecule has 0 radical (unpaired) electrons. The van der Waals surface area contributed by atoms with Crippen LogP contribution in [0, 0.1) is 0 Å². The summed E-state index contributed by atoms with van der Waals surface area (Å²) < 4.78 is 34.7. The van der Waals surface area contributed by atoms with Gasteiger partial charge in [0.2, 0.25) is 5.88 Å². The Morgan fingerprint density at radius 2 is 1.78 bits per heavy atom. The molecule has 0 aliphatic carbocycles. The third kappa shape index (κ3) is 7.04. The van der Waals surface area contributed by atoms with Gasteiger partial charge in [0.05, 0.1) is 11.4 Å². The lowest BCUT2D eigenvalue weighted by Gasteiger charge is -2.14. The minimum Gasteiger partial charge on any atom is -0.449 e. The Hall–Kier alpha value is -3.51. The van der Waals surface area contributed by atoms with Crippen molar-refractivity contribution in [2.24, 2.45) is 0 Å². The molecule has 0 fully saturated rings. The van der Waals surface area contributed by atoms with E-state index < -0.39 is 22.2 Å². The fourth-order valence-corrected chi connectivity index (χ4v) is 5.40. The topological polar surface area (TPSA) is 140 Å². The van der Waals surface area contributed by atoms with E-state index in [1.807, 2.05) is 26.0 Å². The first kappa shape index (κ1) is 28.1. The third-order valence-corrected chi connectivity index (χ3v) is 7.41. The van der Waals surface area contributed by atoms with Crippen molar-refractivity contribution in [1.29, 1.82) is 0 Å². The first-order valence-corrected chi connectivity index (χ1v) is 14.4. The van der Waals surface area contributed by atoms with E-state index in [9.17, 15) is 23.1 Å². The number of ether oxygens (including phenoxy) is 1. The Bertz CT molecular complexity index is 1350. The van der Waals surface area contributed by atoms with E-state index in [4.69, 9.17) is 4.74 Å². The van der Waals surface area contributed by atoms with Crippen LogP contribution in [-0.2, 0) is 23.0 Å². The molecule has 0 unspecified atom stereocenters. The number of urea groups is 1. The zero-order valence-corrected chi connectivity index (χ0v) is 22.5. The molecule has 0 saturated carbocycles. The van der Waals surface area contributed by atoms with Gasteiger partial charge in [-0.3, -0.25) is 4.57 Å². The zero-order chi connectivity index (χ0) is 27.0. The number of hydrogen-bond donors (Lipinski definition) is 3. The number of rotatable bonds is 11. The molecule has 3 aromatic rings. The van der Waals surface area contributed by atoms with Gasteiger partial charge in [0, 0.05) is 18.5 Å². The highest BCUT2D eigenvalue weighted by molar-refractivity contribution is 7.98. The summed E-state index contributed by atoms with van der Waals surface area (Å²) >= 11 is 1.31. The van der Waals surface area contributed by atoms with Crippen LogP contribution < -0.4 is 14.8 Å². The monoisotopic (exact) mass is 546 g/mol. The number of thioether (sulfide) groups is 1. The van der Waals surface area contributed by atoms with Crippen molar-refractivity contribution in [3.05, 3.63) is 59.9 Å². The molecule has 0 atom stereocenters. The number of carbonyl (C=O) groups excluding carboxylic acids is 1. The lowest BCUT2D eigenvalue weighted by atomic mass is 10.0. The summed E-state index contributed by atoms with van der Waals surface area (Å²) in [6.45, 7) is 4.56. The second-order valence-electron chi connectivity index (χ2n) is 8.10. The third-order valence-electron chi connectivity index (χ3n) is 5.37. The van der Waals surface area contributed by atoms with Gasteiger partial charge in [0.15, 0.2) is 5.03 Å². The summed E-state index contributed by atoms with van der Waals surface area (Å²) in [4.78, 5) is 27.8. The highest BCUT2D eigenvalue weighted by atomic mass is 32.2. The largest absolute Gasteiger partial charge is 0.512 e. The predicted molar refractivity (Wildman–Crippen MR) is 142 cm³/mol. The predicted octanol–water partition coefficient (Wildman–Crippen LogP) is 4.73. The minimum absolute atomic E-state index is 0.0176. The number of amides is 2. The number of imidazole rings is 1. The Morgan fingerprint density at radius 1 is 1.08 bits per heavy atom. The van der Waals surface area contributed by atoms with Crippen LogP contribution in [0.2, 0.25) is 0 Å². The van der Waals surface area contributed by atoms with Crippen molar-refractivity contribution in [2.45, 2.75) is 49.6 Å². The molecule has 0 bridgehead atoms. The van der Waals surface area contributed by atoms with Crippen LogP contribution in [0.5, 0.6) is 5.88 Å². The van der Waals surface area contributed by atoms with E-state index in [2.05, 4.69) is 15.0 Å². The molecule has 2 aromatic carbocycles. The van der Waals surface area contributed by atoms with Gasteiger partial charge in [0.25, 0.3) is 10.0 Å². The lowest BCUT2D eigenvalue weighted by molar-refractivity contribution is 0.139. The Morgan fingerprint density at radius 3 is 2.41 bits per heavy atom. The number of hydrogen-bond acceptors (Lipinski definition) is 7. The highest BCUT2D eigenvalue weighted by Gasteiger charge is 2.23. The Kier molecular flexibility index (Phi) is 9.59. The van der Waals surface area contributed by atoms with E-state index in [1.165, 1.54) is 17.8 Å². The quantitative estimate of drug-likeness (QED) is 0.232. The Labute approximate surface area is 220 Å². The maximum atomic E-state index is 12.9. The maximum Gasteiger partial charge on any atom is 0.512 e. The highest BCUT2D eigenvalue weighted by Crippen LogP contribution is 2.31. The van der Waals surface area contributed by atoms with Gasteiger partial charge in [-0.05, 0) is 36.3 Å². The zero-order valence-electron chi connectivity index (χ0n) is 20.9. The molecule has 10 nitrogen and oxygen atoms in total. The van der Waals surface area contributed by atoms with Gasteiger partial charge in [0.1, 0.15) is 5.82 Å². The van der Waals surface area contributed by atoms with Gasteiger partial charge >= 0.3 is 12.2 Å². The summed E-state index contributed by atoms with van der Waals surface area (Å²) in [6.07, 6.45) is 2.55. The molecule has 3 N–H and O–H groups in total. The average Bonchev–Trinajstić information content (AvgIpc) is 3.18. The SMILES string of the molecule is CCCNC(=O)NS(=O)(=O)c1ccccc1-c1ccc(Cn2c(CCC)nc(SC)c2OC(=O)O)cc1. The molecule has 0 spiro atoms. The van der Waals surface area contributed by atoms with E-state index in [1.54, 1.807) is 41.2 Å². The van der Waals surface area contributed by atoms with Gasteiger partial charge in [-0.15, -0.1) is 11.8 Å². The molecule has 0 aliphatic rings. The smallest absolute Gasteiger partial charge is 0.449 e. The van der Waals surface area contributed by atoms with Crippen LogP contribution in [0.25, 0.3) is 11.1 Å². The summed E-state index contributed by atoms with van der Waals surface area (Å²) in [6, 6.07) is 12.9. The van der Waals surface area contributed by atoms with Crippen LogP contribution in [-0.4, -0.2) is 48.1 Å². The van der Waals surface area contributed by atoms with Crippen molar-refractivity contribution < 1.29 is 27.9 Å². The summed E-state index contributed by atoms with van der Waals surface area (Å²) in [5.74, 6) is 0.896. The molecule has 12 heteroatoms. The average molecular weight is 547 g/mol. The second-order valence-corrected chi connectivity index (χ2v) is 10.5. The summed E-state index contributed by atoms with van der Waals surface area (Å²) in [5, 5.41) is 12.2. The Balaban J connectivity index is 1.91. The van der Waals surface area contributed by atoms with E-state index in [0.717, 1.165) is 17.8 Å². The van der Waals surface area contributed by atoms with E-state index in [-0.39, 0.29) is 10.8 Å². The normalized spacial score (nSPS) is 11.2. The number of nitrogens with zero attached hydrogens (tertiary/aromatic N) is 2. The number of carboxylic acid groups (broad SMARTS) is 1. The van der Waals surface area contributed by atoms with Crippen molar-refractivity contribution in [1.82, 2.24) is 19.6 Å². The van der Waals surface area contributed by atoms with E-state index >= 15 is 0 Å². The van der Waals surface area contributed by atoms with Crippen LogP contribution in [0.3, 0.4) is 0 Å². The number of carbonyl (C=O) groups is 2. The van der Waals surface area contributed by atoms with E-state index in [0.29, 0.717) is 42.1 Å². The van der Waals surface area contributed by atoms with Crippen molar-refractivity contribution >= 4 is 34.0 Å². The molecule has 3 rings (SSSR count). The molecule has 37 heavy (non-hydrogen) atoms. The maximum absolute atomic E-state index is 12.9. The fourth-order valence-electron chi connectivity index (χ4n) is 3.71. The first-order chi connectivity index (χ1) is 17.7. The standard InChI is InChI=1S/C25H30N4O6S2/c1-4-8-21-27-22(36-3)23(35-25(31)32)29(21)16-17-11-13-18(14-12-17)19-9-6-7-10-20(19)37(33,34)28-24(30)26-15-5-2/h6-7,9-14H,4-5,8,15-16H2,1-3H3,(H,31,32)(H2,26,28,30). The number of sulfonamides is 1. The number of benzene rings is 2. The van der Waals surface area contributed by atoms with Crippen molar-refractivity contribution in [3.63, 3.8) is 0 Å². The van der Waals surface area contributed by atoms with Crippen LogP contribution in [0.1, 0.15) is 38.1 Å². The molecule has 0 saturated heterocycles. The van der Waals surface area contributed by atoms with Gasteiger partial charge < -0.3 is 15.2 Å². The molecule has 1 aromatic heterocycles. The molecular formula is C25H30N4O6S2.